The second kappa shape index (κ2) is 10.5. The number of benzene rings is 1. The molecule has 6 heteroatoms. The third kappa shape index (κ3) is 6.57. The van der Waals surface area contributed by atoms with Crippen molar-refractivity contribution in [1.29, 1.82) is 0 Å². The zero-order chi connectivity index (χ0) is 18.9. The van der Waals surface area contributed by atoms with Gasteiger partial charge in [-0.15, -0.1) is 0 Å². The zero-order valence-electron chi connectivity index (χ0n) is 16.5. The van der Waals surface area contributed by atoms with Gasteiger partial charge in [-0.05, 0) is 36.5 Å². The normalized spacial score (nSPS) is 18.2. The highest BCUT2D eigenvalue weighted by atomic mass is 19.1. The fourth-order valence-electron chi connectivity index (χ4n) is 3.37. The molecule has 0 aliphatic carbocycles. The van der Waals surface area contributed by atoms with Crippen molar-refractivity contribution in [3.05, 3.63) is 35.6 Å². The molecule has 1 aromatic rings. The molecule has 0 saturated carbocycles. The van der Waals surface area contributed by atoms with Crippen molar-refractivity contribution < 1.29 is 9.13 Å². The Morgan fingerprint density at radius 3 is 2.46 bits per heavy atom. The van der Waals surface area contributed by atoms with Gasteiger partial charge in [-0.2, -0.15) is 0 Å². The maximum Gasteiger partial charge on any atom is 0.191 e. The molecule has 0 aromatic heterocycles. The van der Waals surface area contributed by atoms with Crippen LogP contribution in [0.15, 0.2) is 29.3 Å². The lowest BCUT2D eigenvalue weighted by Crippen LogP contribution is -2.49. The number of nitrogens with zero attached hydrogens (tertiary/aromatic N) is 2. The van der Waals surface area contributed by atoms with Crippen LogP contribution < -0.4 is 10.6 Å². The van der Waals surface area contributed by atoms with Crippen molar-refractivity contribution in [1.82, 2.24) is 15.5 Å². The lowest BCUT2D eigenvalue weighted by atomic mass is 10.0. The minimum Gasteiger partial charge on any atom is -0.375 e. The van der Waals surface area contributed by atoms with Crippen molar-refractivity contribution >= 4 is 5.96 Å². The van der Waals surface area contributed by atoms with Crippen LogP contribution in [0, 0.1) is 11.7 Å². The van der Waals surface area contributed by atoms with Gasteiger partial charge in [0, 0.05) is 46.4 Å². The average Bonchev–Trinajstić information content (AvgIpc) is 2.63. The molecule has 0 bridgehead atoms. The van der Waals surface area contributed by atoms with Crippen LogP contribution in [0.2, 0.25) is 0 Å². The molecule has 1 aliphatic rings. The topological polar surface area (TPSA) is 48.9 Å². The van der Waals surface area contributed by atoms with Gasteiger partial charge in [0.25, 0.3) is 0 Å². The van der Waals surface area contributed by atoms with Crippen LogP contribution >= 0.6 is 0 Å². The van der Waals surface area contributed by atoms with E-state index in [1.807, 2.05) is 0 Å². The van der Waals surface area contributed by atoms with Crippen LogP contribution in [0.1, 0.15) is 38.4 Å². The van der Waals surface area contributed by atoms with Crippen LogP contribution in [0.25, 0.3) is 0 Å². The number of aliphatic imine (C=N–C) groups is 1. The first-order valence-corrected chi connectivity index (χ1v) is 9.49. The first-order valence-electron chi connectivity index (χ1n) is 9.49. The van der Waals surface area contributed by atoms with Crippen molar-refractivity contribution in [2.24, 2.45) is 10.9 Å². The molecule has 1 saturated heterocycles. The van der Waals surface area contributed by atoms with E-state index in [9.17, 15) is 4.39 Å². The van der Waals surface area contributed by atoms with Crippen LogP contribution in [0.5, 0.6) is 0 Å². The lowest BCUT2D eigenvalue weighted by molar-refractivity contribution is 0.106. The summed E-state index contributed by atoms with van der Waals surface area (Å²) in [5, 5.41) is 6.85. The Labute approximate surface area is 157 Å². The van der Waals surface area contributed by atoms with E-state index >= 15 is 0 Å². The third-order valence-electron chi connectivity index (χ3n) is 4.76. The van der Waals surface area contributed by atoms with Gasteiger partial charge < -0.3 is 20.3 Å². The highest BCUT2D eigenvalue weighted by Crippen LogP contribution is 2.16. The number of halogens is 1. The predicted octanol–water partition coefficient (Wildman–Crippen LogP) is 2.80. The maximum atomic E-state index is 13.1. The summed E-state index contributed by atoms with van der Waals surface area (Å²) in [5.41, 5.74) is 0.943. The summed E-state index contributed by atoms with van der Waals surface area (Å²) in [7, 11) is 3.44. The largest absolute Gasteiger partial charge is 0.375 e. The first-order chi connectivity index (χ1) is 12.5. The van der Waals surface area contributed by atoms with Gasteiger partial charge >= 0.3 is 0 Å². The van der Waals surface area contributed by atoms with Gasteiger partial charge in [0.1, 0.15) is 5.82 Å². The van der Waals surface area contributed by atoms with E-state index in [0.717, 1.165) is 37.5 Å². The van der Waals surface area contributed by atoms with Gasteiger partial charge in [0.05, 0.1) is 6.10 Å². The maximum absolute atomic E-state index is 13.1. The molecule has 26 heavy (non-hydrogen) atoms. The molecule has 2 N–H and O–H groups in total. The molecule has 1 unspecified atom stereocenters. The molecular weight excluding hydrogens is 331 g/mol. The minimum atomic E-state index is -0.238. The van der Waals surface area contributed by atoms with Crippen molar-refractivity contribution in [3.63, 3.8) is 0 Å². The second-order valence-electron chi connectivity index (χ2n) is 7.34. The van der Waals surface area contributed by atoms with E-state index < -0.39 is 0 Å². The molecule has 146 valence electrons. The SMILES string of the molecule is CN=C(NCC(OC)c1ccc(F)cc1)NC1CCN(CC(C)C)CC1. The van der Waals surface area contributed by atoms with Gasteiger partial charge in [0.15, 0.2) is 5.96 Å². The summed E-state index contributed by atoms with van der Waals surface area (Å²) in [6, 6.07) is 6.87. The monoisotopic (exact) mass is 364 g/mol. The molecule has 0 radical (unpaired) electrons. The second-order valence-corrected chi connectivity index (χ2v) is 7.34. The summed E-state index contributed by atoms with van der Waals surface area (Å²) < 4.78 is 18.6. The number of guanidine groups is 1. The number of piperidine rings is 1. The van der Waals surface area contributed by atoms with E-state index in [4.69, 9.17) is 4.74 Å². The molecular formula is C20H33FN4O. The quantitative estimate of drug-likeness (QED) is 0.577. The number of ether oxygens (including phenoxy) is 1. The van der Waals surface area contributed by atoms with Crippen LogP contribution in [0.3, 0.4) is 0 Å². The van der Waals surface area contributed by atoms with Crippen molar-refractivity contribution in [2.45, 2.75) is 38.8 Å². The number of rotatable bonds is 7. The lowest BCUT2D eigenvalue weighted by Gasteiger charge is -2.34. The van der Waals surface area contributed by atoms with E-state index in [1.54, 1.807) is 26.3 Å². The highest BCUT2D eigenvalue weighted by Gasteiger charge is 2.20. The summed E-state index contributed by atoms with van der Waals surface area (Å²) in [6.07, 6.45) is 2.10. The number of likely N-dealkylation sites (tertiary alicyclic amines) is 1. The molecule has 1 atom stereocenters. The summed E-state index contributed by atoms with van der Waals surface area (Å²) in [4.78, 5) is 6.87. The summed E-state index contributed by atoms with van der Waals surface area (Å²) in [6.45, 7) is 8.54. The fraction of sp³-hybridized carbons (Fsp3) is 0.650. The number of nitrogens with one attached hydrogen (secondary N) is 2. The summed E-state index contributed by atoms with van der Waals surface area (Å²) >= 11 is 0. The molecule has 1 heterocycles. The first kappa shape index (κ1) is 20.6. The molecule has 0 spiro atoms. The molecule has 1 aliphatic heterocycles. The van der Waals surface area contributed by atoms with Gasteiger partial charge in [-0.25, -0.2) is 4.39 Å². The van der Waals surface area contributed by atoms with Gasteiger partial charge in [-0.3, -0.25) is 4.99 Å². The van der Waals surface area contributed by atoms with E-state index in [-0.39, 0.29) is 11.9 Å². The van der Waals surface area contributed by atoms with Crippen molar-refractivity contribution in [2.75, 3.05) is 40.3 Å². The van der Waals surface area contributed by atoms with E-state index in [1.165, 1.54) is 18.7 Å². The van der Waals surface area contributed by atoms with Gasteiger partial charge in [-0.1, -0.05) is 26.0 Å². The molecule has 1 fully saturated rings. The molecule has 2 rings (SSSR count). The Morgan fingerprint density at radius 2 is 1.92 bits per heavy atom. The molecule has 0 amide bonds. The van der Waals surface area contributed by atoms with E-state index in [2.05, 4.69) is 34.4 Å². The summed E-state index contributed by atoms with van der Waals surface area (Å²) in [5.74, 6) is 1.26. The third-order valence-corrected chi connectivity index (χ3v) is 4.76. The highest BCUT2D eigenvalue weighted by molar-refractivity contribution is 5.80. The number of methoxy groups -OCH3 is 1. The Balaban J connectivity index is 1.79. The minimum absolute atomic E-state index is 0.151. The Hall–Kier alpha value is -1.66. The smallest absolute Gasteiger partial charge is 0.191 e. The predicted molar refractivity (Wildman–Crippen MR) is 105 cm³/mol. The molecule has 5 nitrogen and oxygen atoms in total. The van der Waals surface area contributed by atoms with E-state index in [0.29, 0.717) is 18.5 Å². The van der Waals surface area contributed by atoms with Gasteiger partial charge in [0.2, 0.25) is 0 Å². The average molecular weight is 365 g/mol. The van der Waals surface area contributed by atoms with Crippen LogP contribution in [0.4, 0.5) is 4.39 Å². The standard InChI is InChI=1S/C20H33FN4O/c1-15(2)14-25-11-9-18(10-12-25)24-20(22-3)23-13-19(26-4)16-5-7-17(21)8-6-16/h5-8,15,18-19H,9-14H2,1-4H3,(H2,22,23,24). The number of hydrogen-bond donors (Lipinski definition) is 2. The fourth-order valence-corrected chi connectivity index (χ4v) is 3.37. The number of hydrogen-bond acceptors (Lipinski definition) is 3. The van der Waals surface area contributed by atoms with Crippen molar-refractivity contribution in [3.8, 4) is 0 Å². The van der Waals surface area contributed by atoms with Crippen LogP contribution in [-0.2, 0) is 4.74 Å². The Morgan fingerprint density at radius 1 is 1.27 bits per heavy atom. The van der Waals surface area contributed by atoms with Crippen LogP contribution in [-0.4, -0.2) is 57.2 Å². The Kier molecular flexibility index (Phi) is 8.32. The zero-order valence-corrected chi connectivity index (χ0v) is 16.5. The Bertz CT molecular complexity index is 553. The molecule has 1 aromatic carbocycles.